The molecular weight excluding hydrogens is 1280 g/mol. The van der Waals surface area contributed by atoms with Crippen LogP contribution in [-0.4, -0.2) is 143 Å². The monoisotopic (exact) mass is 1300 g/mol. The minimum absolute atomic E-state index is 0.0808. The summed E-state index contributed by atoms with van der Waals surface area (Å²) in [7, 11) is 0. The molecule has 83 heavy (non-hydrogen) atoms. The van der Waals surface area contributed by atoms with Gasteiger partial charge in [-0.25, -0.2) is 9.59 Å². The summed E-state index contributed by atoms with van der Waals surface area (Å²) in [5.41, 5.74) is -5.17. The maximum Gasteiger partial charge on any atom is 0.460 e. The third-order valence-corrected chi connectivity index (χ3v) is 10.5. The minimum atomic E-state index is -8.92. The van der Waals surface area contributed by atoms with Gasteiger partial charge in [0, 0.05) is 18.6 Å². The Bertz CT molecular complexity index is 2530. The first-order valence-corrected chi connectivity index (χ1v) is 20.2. The molecule has 0 amide bonds. The smallest absolute Gasteiger partial charge is 0.460 e. The molecule has 0 fully saturated rings. The summed E-state index contributed by atoms with van der Waals surface area (Å²) in [6, 6.07) is 1.25. The number of carbonyl (C=O) groups is 2. The van der Waals surface area contributed by atoms with Crippen LogP contribution in [0.4, 0.5) is 161 Å². The van der Waals surface area contributed by atoms with E-state index in [2.05, 4.69) is 18.9 Å². The summed E-state index contributed by atoms with van der Waals surface area (Å²) in [5.74, 6) is -124. The lowest BCUT2D eigenvalue weighted by Crippen LogP contribution is -2.74. The molecule has 2 aromatic rings. The number of hydrogen-bond donors (Lipinski definition) is 0. The second kappa shape index (κ2) is 22.4. The maximum absolute atomic E-state index is 14.3. The molecule has 0 aliphatic rings. The van der Waals surface area contributed by atoms with E-state index in [4.69, 9.17) is 0 Å². The fourth-order valence-electron chi connectivity index (χ4n) is 5.66. The first-order valence-electron chi connectivity index (χ1n) is 20.2. The minimum Gasteiger partial charge on any atom is -0.487 e. The fourth-order valence-corrected chi connectivity index (χ4v) is 5.66. The Kier molecular flexibility index (Phi) is 19.6. The van der Waals surface area contributed by atoms with Crippen molar-refractivity contribution < 1.29 is 188 Å². The number of rotatable bonds is 28. The van der Waals surface area contributed by atoms with Crippen LogP contribution in [0, 0.1) is 20.2 Å². The van der Waals surface area contributed by atoms with Crippen LogP contribution < -0.4 is 9.47 Å². The number of nitro groups is 2. The van der Waals surface area contributed by atoms with Gasteiger partial charge in [0.05, 0.1) is 60.2 Å². The number of alkyl halides is 34. The summed E-state index contributed by atoms with van der Waals surface area (Å²) in [4.78, 5) is 44.6. The average Bonchev–Trinajstić information content (AvgIpc) is 2.72. The molecule has 2 rings (SSSR count). The van der Waals surface area contributed by atoms with Gasteiger partial charge in [0.25, 0.3) is 0 Å². The van der Waals surface area contributed by atoms with E-state index in [0.29, 0.717) is 12.1 Å². The topological polar surface area (TPSA) is 157 Å². The second-order valence-electron chi connectivity index (χ2n) is 16.0. The summed E-state index contributed by atoms with van der Waals surface area (Å²) in [5, 5.41) is 23.0. The number of halogens is 34. The third kappa shape index (κ3) is 12.1. The highest BCUT2D eigenvalue weighted by Gasteiger charge is 2.97. The zero-order chi connectivity index (χ0) is 65.8. The molecule has 0 aliphatic heterocycles. The molecule has 0 unspecified atom stereocenters. The van der Waals surface area contributed by atoms with Gasteiger partial charge in [-0.1, -0.05) is 0 Å². The molecular formula is C37H20F34N2O10. The molecule has 0 atom stereocenters. The van der Waals surface area contributed by atoms with E-state index in [0.717, 1.165) is 0 Å². The van der Waals surface area contributed by atoms with E-state index in [1.54, 1.807) is 0 Å². The van der Waals surface area contributed by atoms with E-state index in [1.165, 1.54) is 0 Å². The normalized spacial score (nSPS) is 14.8. The number of ether oxygens (including phenoxy) is 4. The highest BCUT2D eigenvalue weighted by molar-refractivity contribution is 5.91. The standard InChI is InChI=1S/C37H20F34N2O10/c38-22(39,24(42,43)26(46,47)28(50,51)30(54,55)32(58,59)34(62,63)36(66,67)68)6-10-80-18-4-2-14(12-16(18)72(76)77)20(74)82-8-1-9-83-21(75)15-3-5-19(17(13-15)73(78)79)81-11-7-23(40,41)25(44,45)27(48,49)29(52,53)31(56,57)33(60,61)35(64,65)37(69,70)71/h2-5,12-13H,1,6-11H2. The Balaban J connectivity index is 2.14. The van der Waals surface area contributed by atoms with Crippen LogP contribution in [0.3, 0.4) is 0 Å². The van der Waals surface area contributed by atoms with E-state index >= 15 is 0 Å². The molecule has 0 radical (unpaired) electrons. The van der Waals surface area contributed by atoms with Crippen molar-refractivity contribution in [2.75, 3.05) is 26.4 Å². The van der Waals surface area contributed by atoms with Crippen molar-refractivity contribution in [1.82, 2.24) is 0 Å². The lowest BCUT2D eigenvalue weighted by atomic mass is 9.88. The Morgan fingerprint density at radius 3 is 0.807 bits per heavy atom. The lowest BCUT2D eigenvalue weighted by molar-refractivity contribution is -0.461. The Labute approximate surface area is 431 Å². The molecule has 0 spiro atoms. The zero-order valence-electron chi connectivity index (χ0n) is 38.2. The molecule has 0 saturated carbocycles. The largest absolute Gasteiger partial charge is 0.487 e. The number of hydrogen-bond acceptors (Lipinski definition) is 10. The van der Waals surface area contributed by atoms with E-state index in [9.17, 15) is 179 Å². The van der Waals surface area contributed by atoms with E-state index in [1.807, 2.05) is 0 Å². The number of nitrogens with zero attached hydrogens (tertiary/aromatic N) is 2. The molecule has 0 aromatic heterocycles. The Morgan fingerprint density at radius 1 is 0.349 bits per heavy atom. The van der Waals surface area contributed by atoms with E-state index in [-0.39, 0.29) is 24.3 Å². The molecule has 0 aliphatic carbocycles. The Morgan fingerprint density at radius 2 is 0.578 bits per heavy atom. The van der Waals surface area contributed by atoms with Crippen molar-refractivity contribution in [2.24, 2.45) is 0 Å². The molecule has 0 saturated heterocycles. The molecule has 2 aromatic carbocycles. The van der Waals surface area contributed by atoms with Gasteiger partial charge in [0.15, 0.2) is 11.5 Å². The fraction of sp³-hybridized carbons (Fsp3) is 0.622. The summed E-state index contributed by atoms with van der Waals surface area (Å²) in [6.45, 7) is -6.59. The van der Waals surface area contributed by atoms with Gasteiger partial charge < -0.3 is 18.9 Å². The number of esters is 2. The van der Waals surface area contributed by atoms with Crippen molar-refractivity contribution in [3.05, 3.63) is 67.8 Å². The summed E-state index contributed by atoms with van der Waals surface area (Å²) in [6.07, 6.45) is -23.0. The summed E-state index contributed by atoms with van der Waals surface area (Å²) < 4.78 is 478. The van der Waals surface area contributed by atoms with Crippen LogP contribution in [-0.2, 0) is 9.47 Å². The van der Waals surface area contributed by atoms with Crippen molar-refractivity contribution >= 4 is 23.3 Å². The van der Waals surface area contributed by atoms with Gasteiger partial charge in [-0.2, -0.15) is 149 Å². The van der Waals surface area contributed by atoms with Gasteiger partial charge in [-0.15, -0.1) is 0 Å². The second-order valence-corrected chi connectivity index (χ2v) is 16.0. The van der Waals surface area contributed by atoms with Gasteiger partial charge in [0.1, 0.15) is 0 Å². The molecule has 0 heterocycles. The molecule has 0 bridgehead atoms. The van der Waals surface area contributed by atoms with Crippen LogP contribution in [0.15, 0.2) is 36.4 Å². The van der Waals surface area contributed by atoms with Crippen molar-refractivity contribution in [2.45, 2.75) is 115 Å². The summed E-state index contributed by atoms with van der Waals surface area (Å²) >= 11 is 0. The molecule has 476 valence electrons. The first-order chi connectivity index (χ1) is 36.6. The van der Waals surface area contributed by atoms with Crippen LogP contribution in [0.5, 0.6) is 11.5 Å². The highest BCUT2D eigenvalue weighted by Crippen LogP contribution is 2.66. The molecule has 46 heteroatoms. The van der Waals surface area contributed by atoms with Crippen LogP contribution >= 0.6 is 0 Å². The average molecular weight is 1300 g/mol. The number of nitro benzene ring substituents is 2. The number of carbonyl (C=O) groups excluding carboxylic acids is 2. The van der Waals surface area contributed by atoms with Gasteiger partial charge in [-0.3, -0.25) is 20.2 Å². The van der Waals surface area contributed by atoms with Gasteiger partial charge in [0.2, 0.25) is 0 Å². The van der Waals surface area contributed by atoms with Crippen molar-refractivity contribution in [1.29, 1.82) is 0 Å². The zero-order valence-corrected chi connectivity index (χ0v) is 38.2. The van der Waals surface area contributed by atoms with Crippen molar-refractivity contribution in [3.63, 3.8) is 0 Å². The third-order valence-electron chi connectivity index (χ3n) is 10.5. The van der Waals surface area contributed by atoms with Gasteiger partial charge >= 0.3 is 119 Å². The molecule has 12 nitrogen and oxygen atoms in total. The van der Waals surface area contributed by atoms with Crippen molar-refractivity contribution in [3.8, 4) is 11.5 Å². The van der Waals surface area contributed by atoms with Crippen LogP contribution in [0.1, 0.15) is 40.0 Å². The van der Waals surface area contributed by atoms with Gasteiger partial charge in [-0.05, 0) is 24.3 Å². The number of benzene rings is 2. The highest BCUT2D eigenvalue weighted by atomic mass is 19.4. The lowest BCUT2D eigenvalue weighted by Gasteiger charge is -2.42. The van der Waals surface area contributed by atoms with Crippen LogP contribution in [0.2, 0.25) is 0 Å². The van der Waals surface area contributed by atoms with E-state index < -0.39 is 197 Å². The predicted octanol–water partition coefficient (Wildman–Crippen LogP) is 14.5. The SMILES string of the molecule is O=C(OCCCOC(=O)c1ccc(OCCC(F)(F)C(F)(F)C(F)(F)C(F)(F)C(F)(F)C(F)(F)C(F)(F)C(F)(F)F)c([N+](=O)[O-])c1)c1ccc(OCCC(F)(F)C(F)(F)C(F)(F)C(F)(F)C(F)(F)C(F)(F)C(F)(F)C(F)(F)F)c([N+](=O)[O-])c1. The van der Waals surface area contributed by atoms with Crippen LogP contribution in [0.25, 0.3) is 0 Å². The predicted molar refractivity (Wildman–Crippen MR) is 193 cm³/mol. The Hall–Kier alpha value is -6.60. The quantitative estimate of drug-likeness (QED) is 0.0264. The first kappa shape index (κ1) is 72.5. The maximum atomic E-state index is 14.3. The molecule has 0 N–H and O–H groups in total.